The van der Waals surface area contributed by atoms with Gasteiger partial charge >= 0.3 is 6.03 Å². The third-order valence-corrected chi connectivity index (χ3v) is 4.03. The lowest BCUT2D eigenvalue weighted by Crippen LogP contribution is -2.34. The Morgan fingerprint density at radius 3 is 2.60 bits per heavy atom. The number of allylic oxidation sites excluding steroid dienone is 1. The standard InChI is InChI=1S/C17H24N2O/c1-14(16-10-6-7-11-16)12-18-17(20)19(2)13-15-8-4-3-5-9-15/h3-5,8-9,12,16H,6-7,10-11,13H2,1-2H3,(H,18,20)/b14-12+. The highest BCUT2D eigenvalue weighted by Crippen LogP contribution is 2.30. The van der Waals surface area contributed by atoms with Gasteiger partial charge in [-0.25, -0.2) is 4.79 Å². The van der Waals surface area contributed by atoms with Crippen molar-refractivity contribution in [1.82, 2.24) is 10.2 Å². The molecule has 1 aliphatic carbocycles. The van der Waals surface area contributed by atoms with Crippen LogP contribution in [0.3, 0.4) is 0 Å². The largest absolute Gasteiger partial charge is 0.323 e. The number of hydrogen-bond acceptors (Lipinski definition) is 1. The monoisotopic (exact) mass is 272 g/mol. The molecule has 0 heterocycles. The number of rotatable bonds is 4. The molecule has 0 aliphatic heterocycles. The summed E-state index contributed by atoms with van der Waals surface area (Å²) >= 11 is 0. The predicted molar refractivity (Wildman–Crippen MR) is 82.2 cm³/mol. The van der Waals surface area contributed by atoms with Gasteiger partial charge in [0, 0.05) is 19.8 Å². The fraction of sp³-hybridized carbons (Fsp3) is 0.471. The summed E-state index contributed by atoms with van der Waals surface area (Å²) in [5.74, 6) is 0.662. The molecular weight excluding hydrogens is 248 g/mol. The van der Waals surface area contributed by atoms with Crippen molar-refractivity contribution in [2.75, 3.05) is 7.05 Å². The fourth-order valence-corrected chi connectivity index (χ4v) is 2.71. The predicted octanol–water partition coefficient (Wildman–Crippen LogP) is 3.92. The molecule has 1 N–H and O–H groups in total. The lowest BCUT2D eigenvalue weighted by Gasteiger charge is -2.17. The van der Waals surface area contributed by atoms with Crippen molar-refractivity contribution in [2.45, 2.75) is 39.2 Å². The number of carbonyl (C=O) groups is 1. The summed E-state index contributed by atoms with van der Waals surface area (Å²) in [5.41, 5.74) is 2.44. The smallest absolute Gasteiger partial charge is 0.321 e. The number of hydrogen-bond donors (Lipinski definition) is 1. The molecule has 3 nitrogen and oxygen atoms in total. The molecule has 0 saturated heterocycles. The lowest BCUT2D eigenvalue weighted by molar-refractivity contribution is 0.210. The van der Waals surface area contributed by atoms with Crippen LogP contribution in [0, 0.1) is 5.92 Å². The molecule has 0 radical (unpaired) electrons. The second-order valence-electron chi connectivity index (χ2n) is 5.66. The summed E-state index contributed by atoms with van der Waals surface area (Å²) in [6.07, 6.45) is 7.05. The van der Waals surface area contributed by atoms with Gasteiger partial charge in [-0.3, -0.25) is 0 Å². The fourth-order valence-electron chi connectivity index (χ4n) is 2.71. The SMILES string of the molecule is C/C(=C\NC(=O)N(C)Cc1ccccc1)C1CCCC1. The molecule has 1 saturated carbocycles. The zero-order valence-electron chi connectivity index (χ0n) is 12.4. The van der Waals surface area contributed by atoms with E-state index in [4.69, 9.17) is 0 Å². The summed E-state index contributed by atoms with van der Waals surface area (Å²) in [4.78, 5) is 13.7. The van der Waals surface area contributed by atoms with E-state index in [1.807, 2.05) is 43.6 Å². The van der Waals surface area contributed by atoms with Crippen LogP contribution < -0.4 is 5.32 Å². The maximum atomic E-state index is 12.0. The zero-order valence-corrected chi connectivity index (χ0v) is 12.4. The van der Waals surface area contributed by atoms with Gasteiger partial charge in [-0.15, -0.1) is 0 Å². The average Bonchev–Trinajstić information content (AvgIpc) is 2.99. The third kappa shape index (κ3) is 4.12. The number of nitrogens with one attached hydrogen (secondary N) is 1. The van der Waals surface area contributed by atoms with Gasteiger partial charge in [0.1, 0.15) is 0 Å². The van der Waals surface area contributed by atoms with E-state index < -0.39 is 0 Å². The average molecular weight is 272 g/mol. The maximum absolute atomic E-state index is 12.0. The molecule has 1 fully saturated rings. The van der Waals surface area contributed by atoms with Crippen molar-refractivity contribution in [3.63, 3.8) is 0 Å². The number of nitrogens with zero attached hydrogens (tertiary/aromatic N) is 1. The summed E-state index contributed by atoms with van der Waals surface area (Å²) in [6, 6.07) is 9.98. The Hall–Kier alpha value is -1.77. The van der Waals surface area contributed by atoms with Gasteiger partial charge in [0.05, 0.1) is 0 Å². The summed E-state index contributed by atoms with van der Waals surface area (Å²) in [7, 11) is 1.82. The molecular formula is C17H24N2O. The first kappa shape index (κ1) is 14.6. The Labute approximate surface area is 121 Å². The molecule has 0 bridgehead atoms. The second kappa shape index (κ2) is 7.13. The Bertz CT molecular complexity index is 461. The van der Waals surface area contributed by atoms with E-state index in [-0.39, 0.29) is 6.03 Å². The van der Waals surface area contributed by atoms with Crippen LogP contribution in [0.4, 0.5) is 4.79 Å². The molecule has 1 aromatic carbocycles. The zero-order chi connectivity index (χ0) is 14.4. The molecule has 0 unspecified atom stereocenters. The van der Waals surface area contributed by atoms with Crippen LogP contribution in [0.2, 0.25) is 0 Å². The van der Waals surface area contributed by atoms with Crippen molar-refractivity contribution in [2.24, 2.45) is 5.92 Å². The first-order chi connectivity index (χ1) is 9.66. The van der Waals surface area contributed by atoms with E-state index in [0.29, 0.717) is 12.5 Å². The van der Waals surface area contributed by atoms with Crippen LogP contribution in [0.15, 0.2) is 42.1 Å². The van der Waals surface area contributed by atoms with Crippen molar-refractivity contribution in [3.8, 4) is 0 Å². The Kier molecular flexibility index (Phi) is 5.22. The van der Waals surface area contributed by atoms with E-state index in [1.54, 1.807) is 4.90 Å². The topological polar surface area (TPSA) is 32.3 Å². The molecule has 0 aromatic heterocycles. The molecule has 2 rings (SSSR count). The number of amides is 2. The van der Waals surface area contributed by atoms with Crippen LogP contribution >= 0.6 is 0 Å². The highest BCUT2D eigenvalue weighted by molar-refractivity contribution is 5.75. The van der Waals surface area contributed by atoms with Gasteiger partial charge < -0.3 is 10.2 Å². The van der Waals surface area contributed by atoms with Gasteiger partial charge in [-0.2, -0.15) is 0 Å². The molecule has 1 aromatic rings. The van der Waals surface area contributed by atoms with Crippen LogP contribution in [0.1, 0.15) is 38.2 Å². The Morgan fingerprint density at radius 2 is 1.95 bits per heavy atom. The molecule has 3 heteroatoms. The molecule has 0 spiro atoms. The van der Waals surface area contributed by atoms with Crippen molar-refractivity contribution >= 4 is 6.03 Å². The Morgan fingerprint density at radius 1 is 1.30 bits per heavy atom. The molecule has 108 valence electrons. The van der Waals surface area contributed by atoms with Crippen LogP contribution in [0.5, 0.6) is 0 Å². The third-order valence-electron chi connectivity index (χ3n) is 4.03. The highest BCUT2D eigenvalue weighted by Gasteiger charge is 2.16. The highest BCUT2D eigenvalue weighted by atomic mass is 16.2. The minimum Gasteiger partial charge on any atom is -0.323 e. The summed E-state index contributed by atoms with van der Waals surface area (Å²) < 4.78 is 0. The van der Waals surface area contributed by atoms with E-state index >= 15 is 0 Å². The summed E-state index contributed by atoms with van der Waals surface area (Å²) in [5, 5.41) is 2.90. The van der Waals surface area contributed by atoms with Crippen molar-refractivity contribution < 1.29 is 4.79 Å². The summed E-state index contributed by atoms with van der Waals surface area (Å²) in [6.45, 7) is 2.75. The minimum absolute atomic E-state index is 0.0498. The quantitative estimate of drug-likeness (QED) is 0.885. The number of benzene rings is 1. The molecule has 2 amide bonds. The van der Waals surface area contributed by atoms with E-state index in [2.05, 4.69) is 12.2 Å². The van der Waals surface area contributed by atoms with E-state index in [0.717, 1.165) is 5.56 Å². The first-order valence-corrected chi connectivity index (χ1v) is 7.39. The van der Waals surface area contributed by atoms with Gasteiger partial charge in [0.25, 0.3) is 0 Å². The van der Waals surface area contributed by atoms with E-state index in [9.17, 15) is 4.79 Å². The normalized spacial score (nSPS) is 16.2. The number of carbonyl (C=O) groups excluding carboxylic acids is 1. The second-order valence-corrected chi connectivity index (χ2v) is 5.66. The van der Waals surface area contributed by atoms with Crippen molar-refractivity contribution in [1.29, 1.82) is 0 Å². The van der Waals surface area contributed by atoms with Gasteiger partial charge in [0.2, 0.25) is 0 Å². The number of urea groups is 1. The van der Waals surface area contributed by atoms with E-state index in [1.165, 1.54) is 31.3 Å². The van der Waals surface area contributed by atoms with Crippen LogP contribution in [-0.2, 0) is 6.54 Å². The minimum atomic E-state index is -0.0498. The molecule has 1 aliphatic rings. The van der Waals surface area contributed by atoms with Gasteiger partial charge in [0.15, 0.2) is 0 Å². The molecule has 20 heavy (non-hydrogen) atoms. The van der Waals surface area contributed by atoms with Crippen LogP contribution in [-0.4, -0.2) is 18.0 Å². The molecule has 0 atom stereocenters. The lowest BCUT2D eigenvalue weighted by atomic mass is 10.0. The van der Waals surface area contributed by atoms with Crippen molar-refractivity contribution in [3.05, 3.63) is 47.7 Å². The first-order valence-electron chi connectivity index (χ1n) is 7.39. The van der Waals surface area contributed by atoms with Gasteiger partial charge in [-0.1, -0.05) is 48.7 Å². The maximum Gasteiger partial charge on any atom is 0.321 e. The van der Waals surface area contributed by atoms with Crippen LogP contribution in [0.25, 0.3) is 0 Å². The Balaban J connectivity index is 1.83. The van der Waals surface area contributed by atoms with Gasteiger partial charge in [-0.05, 0) is 31.2 Å².